The number of nitrogens with one attached hydrogen (secondary N) is 1. The fourth-order valence-electron chi connectivity index (χ4n) is 2.00. The molecular formula is C12H24N2O2S. The normalized spacial score (nSPS) is 21.4. The lowest BCUT2D eigenvalue weighted by Gasteiger charge is -2.22. The van der Waals surface area contributed by atoms with Gasteiger partial charge in [-0.05, 0) is 31.6 Å². The summed E-state index contributed by atoms with van der Waals surface area (Å²) in [5, 5.41) is 3.18. The lowest BCUT2D eigenvalue weighted by Crippen LogP contribution is -2.40. The predicted molar refractivity (Wildman–Crippen MR) is 69.4 cm³/mol. The second-order valence-electron chi connectivity index (χ2n) is 5.67. The van der Waals surface area contributed by atoms with Crippen molar-refractivity contribution in [2.75, 3.05) is 18.8 Å². The van der Waals surface area contributed by atoms with Gasteiger partial charge in [0.05, 0.1) is 5.75 Å². The molecular weight excluding hydrogens is 236 g/mol. The number of nitrogens with zero attached hydrogens (tertiary/aromatic N) is 1. The van der Waals surface area contributed by atoms with Crippen LogP contribution in [0.3, 0.4) is 0 Å². The lowest BCUT2D eigenvalue weighted by atomic mass is 10.4. The first kappa shape index (κ1) is 13.3. The van der Waals surface area contributed by atoms with Gasteiger partial charge in [-0.2, -0.15) is 4.31 Å². The van der Waals surface area contributed by atoms with E-state index in [1.165, 1.54) is 12.8 Å². The Kier molecular flexibility index (Phi) is 4.10. The zero-order valence-corrected chi connectivity index (χ0v) is 11.7. The van der Waals surface area contributed by atoms with E-state index in [1.807, 2.05) is 13.8 Å². The molecule has 0 atom stereocenters. The van der Waals surface area contributed by atoms with Gasteiger partial charge in [0.1, 0.15) is 0 Å². The van der Waals surface area contributed by atoms with Crippen LogP contribution in [0.15, 0.2) is 0 Å². The van der Waals surface area contributed by atoms with E-state index in [2.05, 4.69) is 5.32 Å². The van der Waals surface area contributed by atoms with Crippen molar-refractivity contribution in [3.63, 3.8) is 0 Å². The molecule has 0 saturated heterocycles. The number of rotatable bonds is 8. The smallest absolute Gasteiger partial charge is 0.215 e. The van der Waals surface area contributed by atoms with E-state index < -0.39 is 10.0 Å². The topological polar surface area (TPSA) is 49.4 Å². The maximum atomic E-state index is 12.2. The third kappa shape index (κ3) is 4.23. The zero-order chi connectivity index (χ0) is 12.5. The molecule has 0 aliphatic heterocycles. The van der Waals surface area contributed by atoms with Crippen LogP contribution in [-0.2, 0) is 10.0 Å². The molecule has 0 aromatic rings. The van der Waals surface area contributed by atoms with E-state index in [9.17, 15) is 8.42 Å². The van der Waals surface area contributed by atoms with Crippen molar-refractivity contribution in [1.82, 2.24) is 9.62 Å². The highest BCUT2D eigenvalue weighted by Gasteiger charge is 2.39. The summed E-state index contributed by atoms with van der Waals surface area (Å²) in [6.45, 7) is 5.41. The Morgan fingerprint density at radius 1 is 1.24 bits per heavy atom. The predicted octanol–water partition coefficient (Wildman–Crippen LogP) is 1.19. The van der Waals surface area contributed by atoms with Crippen LogP contribution in [0.5, 0.6) is 0 Å². The molecule has 0 heterocycles. The molecule has 0 spiro atoms. The summed E-state index contributed by atoms with van der Waals surface area (Å²) in [6.07, 6.45) is 4.54. The van der Waals surface area contributed by atoms with Gasteiger partial charge >= 0.3 is 0 Å². The Morgan fingerprint density at radius 2 is 1.88 bits per heavy atom. The van der Waals surface area contributed by atoms with E-state index in [0.29, 0.717) is 24.5 Å². The summed E-state index contributed by atoms with van der Waals surface area (Å²) in [6, 6.07) is 0.669. The third-order valence-corrected chi connectivity index (χ3v) is 5.24. The SMILES string of the molecule is CC(C)NCCS(=O)(=O)N(CC1CC1)C1CC1. The van der Waals surface area contributed by atoms with Crippen LogP contribution in [0.1, 0.15) is 39.5 Å². The van der Waals surface area contributed by atoms with Gasteiger partial charge in [0.2, 0.25) is 10.0 Å². The molecule has 2 aliphatic rings. The fourth-order valence-corrected chi connectivity index (χ4v) is 3.71. The Hall–Kier alpha value is -0.130. The van der Waals surface area contributed by atoms with Crippen molar-refractivity contribution in [1.29, 1.82) is 0 Å². The Morgan fingerprint density at radius 3 is 2.35 bits per heavy atom. The van der Waals surface area contributed by atoms with Crippen LogP contribution in [-0.4, -0.2) is 43.6 Å². The van der Waals surface area contributed by atoms with Crippen LogP contribution in [0.25, 0.3) is 0 Å². The Balaban J connectivity index is 1.86. The number of hydrogen-bond acceptors (Lipinski definition) is 3. The van der Waals surface area contributed by atoms with E-state index in [4.69, 9.17) is 0 Å². The highest BCUT2D eigenvalue weighted by atomic mass is 32.2. The molecule has 0 unspecified atom stereocenters. The summed E-state index contributed by atoms with van der Waals surface area (Å²) < 4.78 is 26.3. The van der Waals surface area contributed by atoms with Gasteiger partial charge < -0.3 is 5.32 Å². The average Bonchev–Trinajstić information content (AvgIpc) is 3.07. The van der Waals surface area contributed by atoms with Gasteiger partial charge in [0.25, 0.3) is 0 Å². The minimum atomic E-state index is -3.04. The highest BCUT2D eigenvalue weighted by Crippen LogP contribution is 2.36. The van der Waals surface area contributed by atoms with E-state index in [-0.39, 0.29) is 5.75 Å². The maximum absolute atomic E-state index is 12.2. The summed E-state index contributed by atoms with van der Waals surface area (Å²) in [4.78, 5) is 0. The summed E-state index contributed by atoms with van der Waals surface area (Å²) >= 11 is 0. The van der Waals surface area contributed by atoms with Crippen molar-refractivity contribution in [2.45, 2.75) is 51.6 Å². The number of hydrogen-bond donors (Lipinski definition) is 1. The lowest BCUT2D eigenvalue weighted by molar-refractivity contribution is 0.388. The molecule has 5 heteroatoms. The molecule has 0 aromatic heterocycles. The van der Waals surface area contributed by atoms with E-state index in [0.717, 1.165) is 19.4 Å². The highest BCUT2D eigenvalue weighted by molar-refractivity contribution is 7.89. The molecule has 2 fully saturated rings. The van der Waals surface area contributed by atoms with Gasteiger partial charge in [-0.15, -0.1) is 0 Å². The van der Waals surface area contributed by atoms with Gasteiger partial charge in [-0.25, -0.2) is 8.42 Å². The van der Waals surface area contributed by atoms with Gasteiger partial charge in [-0.3, -0.25) is 0 Å². The van der Waals surface area contributed by atoms with Crippen LogP contribution < -0.4 is 5.32 Å². The average molecular weight is 260 g/mol. The largest absolute Gasteiger partial charge is 0.313 e. The molecule has 4 nitrogen and oxygen atoms in total. The van der Waals surface area contributed by atoms with Gasteiger partial charge in [-0.1, -0.05) is 13.8 Å². The van der Waals surface area contributed by atoms with Gasteiger partial charge in [0, 0.05) is 25.2 Å². The Labute approximate surface area is 105 Å². The van der Waals surface area contributed by atoms with Crippen LogP contribution in [0, 0.1) is 5.92 Å². The van der Waals surface area contributed by atoms with E-state index >= 15 is 0 Å². The fraction of sp³-hybridized carbons (Fsp3) is 1.00. The first-order valence-corrected chi connectivity index (χ1v) is 8.33. The molecule has 17 heavy (non-hydrogen) atoms. The van der Waals surface area contributed by atoms with Crippen LogP contribution in [0.2, 0.25) is 0 Å². The third-order valence-electron chi connectivity index (χ3n) is 3.36. The summed E-state index contributed by atoms with van der Waals surface area (Å²) in [5.74, 6) is 0.887. The molecule has 0 bridgehead atoms. The monoisotopic (exact) mass is 260 g/mol. The van der Waals surface area contributed by atoms with Crippen molar-refractivity contribution < 1.29 is 8.42 Å². The van der Waals surface area contributed by atoms with Crippen LogP contribution >= 0.6 is 0 Å². The molecule has 2 rings (SSSR count). The second-order valence-corrected chi connectivity index (χ2v) is 7.71. The standard InChI is InChI=1S/C12H24N2O2S/c1-10(2)13-7-8-17(15,16)14(12-5-6-12)9-11-3-4-11/h10-13H,3-9H2,1-2H3. The molecule has 2 saturated carbocycles. The molecule has 0 radical (unpaired) electrons. The van der Waals surface area contributed by atoms with Gasteiger partial charge in [0.15, 0.2) is 0 Å². The first-order valence-electron chi connectivity index (χ1n) is 6.72. The zero-order valence-electron chi connectivity index (χ0n) is 10.9. The minimum Gasteiger partial charge on any atom is -0.313 e. The molecule has 100 valence electrons. The van der Waals surface area contributed by atoms with Crippen molar-refractivity contribution in [3.8, 4) is 0 Å². The molecule has 1 N–H and O–H groups in total. The maximum Gasteiger partial charge on any atom is 0.215 e. The van der Waals surface area contributed by atoms with Crippen molar-refractivity contribution in [2.24, 2.45) is 5.92 Å². The molecule has 0 aromatic carbocycles. The Bertz CT molecular complexity index is 346. The quantitative estimate of drug-likeness (QED) is 0.713. The van der Waals surface area contributed by atoms with Crippen molar-refractivity contribution >= 4 is 10.0 Å². The minimum absolute atomic E-state index is 0.244. The van der Waals surface area contributed by atoms with E-state index in [1.54, 1.807) is 4.31 Å². The molecule has 0 amide bonds. The molecule has 2 aliphatic carbocycles. The summed E-state index contributed by atoms with van der Waals surface area (Å²) in [7, 11) is -3.04. The summed E-state index contributed by atoms with van der Waals surface area (Å²) in [5.41, 5.74) is 0. The number of sulfonamides is 1. The van der Waals surface area contributed by atoms with Crippen LogP contribution in [0.4, 0.5) is 0 Å². The first-order chi connectivity index (χ1) is 7.99. The second kappa shape index (κ2) is 5.24. The van der Waals surface area contributed by atoms with Crippen molar-refractivity contribution in [3.05, 3.63) is 0 Å².